The van der Waals surface area contributed by atoms with Crippen LogP contribution in [0.3, 0.4) is 0 Å². The molecule has 2 unspecified atom stereocenters. The summed E-state index contributed by atoms with van der Waals surface area (Å²) in [7, 11) is 0. The topological polar surface area (TPSA) is 35.5 Å². The lowest BCUT2D eigenvalue weighted by Crippen LogP contribution is -2.49. The molecule has 0 bridgehead atoms. The highest BCUT2D eigenvalue weighted by molar-refractivity contribution is 5.00. The van der Waals surface area contributed by atoms with Crippen LogP contribution < -0.4 is 5.32 Å². The molecule has 2 fully saturated rings. The van der Waals surface area contributed by atoms with Gasteiger partial charge in [0.25, 0.3) is 0 Å². The molecule has 3 heteroatoms. The van der Waals surface area contributed by atoms with E-state index < -0.39 is 0 Å². The Morgan fingerprint density at radius 2 is 1.75 bits per heavy atom. The lowest BCUT2D eigenvalue weighted by molar-refractivity contribution is 0.0620. The van der Waals surface area contributed by atoms with Crippen molar-refractivity contribution >= 4 is 0 Å². The van der Waals surface area contributed by atoms with E-state index in [2.05, 4.69) is 31.0 Å². The van der Waals surface area contributed by atoms with Crippen LogP contribution in [0.15, 0.2) is 0 Å². The largest absolute Gasteiger partial charge is 0.394 e. The van der Waals surface area contributed by atoms with Crippen molar-refractivity contribution < 1.29 is 5.11 Å². The van der Waals surface area contributed by atoms with Crippen LogP contribution in [0.5, 0.6) is 0 Å². The number of piperidine rings is 1. The van der Waals surface area contributed by atoms with E-state index in [-0.39, 0.29) is 5.54 Å². The lowest BCUT2D eigenvalue weighted by Gasteiger charge is -2.43. The maximum Gasteiger partial charge on any atom is 0.0613 e. The molecule has 2 N–H and O–H groups in total. The van der Waals surface area contributed by atoms with Gasteiger partial charge in [0.1, 0.15) is 0 Å². The van der Waals surface area contributed by atoms with Crippen LogP contribution in [0, 0.1) is 5.41 Å². The molecular weight excluding hydrogens is 248 g/mol. The SMILES string of the molecule is CCNC1(CO)CCC(N2CCC(CC)(CC)CC2)C1. The summed E-state index contributed by atoms with van der Waals surface area (Å²) in [6.07, 6.45) is 8.90. The summed E-state index contributed by atoms with van der Waals surface area (Å²) >= 11 is 0. The van der Waals surface area contributed by atoms with E-state index in [4.69, 9.17) is 0 Å². The first kappa shape index (κ1) is 16.3. The molecule has 0 radical (unpaired) electrons. The molecule has 0 amide bonds. The zero-order valence-corrected chi connectivity index (χ0v) is 13.7. The van der Waals surface area contributed by atoms with Gasteiger partial charge in [-0.15, -0.1) is 0 Å². The predicted molar refractivity (Wildman–Crippen MR) is 85.0 cm³/mol. The third-order valence-corrected chi connectivity index (χ3v) is 6.31. The normalized spacial score (nSPS) is 34.5. The van der Waals surface area contributed by atoms with Gasteiger partial charge >= 0.3 is 0 Å². The first-order valence-electron chi connectivity index (χ1n) is 8.72. The van der Waals surface area contributed by atoms with Gasteiger partial charge in [-0.3, -0.25) is 0 Å². The van der Waals surface area contributed by atoms with Gasteiger partial charge in [0.15, 0.2) is 0 Å². The number of hydrogen-bond acceptors (Lipinski definition) is 3. The molecule has 0 spiro atoms. The fourth-order valence-electron chi connectivity index (χ4n) is 4.47. The van der Waals surface area contributed by atoms with Crippen molar-refractivity contribution in [2.75, 3.05) is 26.2 Å². The van der Waals surface area contributed by atoms with E-state index in [0.717, 1.165) is 19.4 Å². The van der Waals surface area contributed by atoms with E-state index in [1.54, 1.807) is 0 Å². The van der Waals surface area contributed by atoms with Gasteiger partial charge in [-0.05, 0) is 57.2 Å². The molecule has 1 saturated carbocycles. The first-order chi connectivity index (χ1) is 9.62. The summed E-state index contributed by atoms with van der Waals surface area (Å²) in [6, 6.07) is 0.688. The maximum atomic E-state index is 9.74. The van der Waals surface area contributed by atoms with Gasteiger partial charge in [0.2, 0.25) is 0 Å². The summed E-state index contributed by atoms with van der Waals surface area (Å²) in [5, 5.41) is 13.3. The lowest BCUT2D eigenvalue weighted by atomic mass is 9.74. The Bertz CT molecular complexity index is 293. The highest BCUT2D eigenvalue weighted by Gasteiger charge is 2.42. The Kier molecular flexibility index (Phi) is 5.49. The number of nitrogens with zero attached hydrogens (tertiary/aromatic N) is 1. The number of likely N-dealkylation sites (tertiary alicyclic amines) is 1. The molecule has 20 heavy (non-hydrogen) atoms. The van der Waals surface area contributed by atoms with Gasteiger partial charge in [-0.2, -0.15) is 0 Å². The maximum absolute atomic E-state index is 9.74. The van der Waals surface area contributed by atoms with E-state index in [1.807, 2.05) is 0 Å². The molecule has 0 aromatic carbocycles. The third kappa shape index (κ3) is 3.20. The van der Waals surface area contributed by atoms with Gasteiger partial charge < -0.3 is 15.3 Å². The average Bonchev–Trinajstić information content (AvgIpc) is 2.92. The number of rotatable bonds is 6. The highest BCUT2D eigenvalue weighted by atomic mass is 16.3. The molecule has 1 aliphatic heterocycles. The van der Waals surface area contributed by atoms with Crippen molar-refractivity contribution in [3.05, 3.63) is 0 Å². The smallest absolute Gasteiger partial charge is 0.0613 e. The van der Waals surface area contributed by atoms with Gasteiger partial charge in [-0.1, -0.05) is 33.6 Å². The van der Waals surface area contributed by atoms with Crippen LogP contribution in [-0.4, -0.2) is 47.8 Å². The number of aliphatic hydroxyl groups excluding tert-OH is 1. The zero-order chi connectivity index (χ0) is 14.6. The summed E-state index contributed by atoms with van der Waals surface area (Å²) in [6.45, 7) is 10.6. The highest BCUT2D eigenvalue weighted by Crippen LogP contribution is 2.41. The van der Waals surface area contributed by atoms with Crippen LogP contribution in [0.25, 0.3) is 0 Å². The van der Waals surface area contributed by atoms with Crippen LogP contribution >= 0.6 is 0 Å². The Morgan fingerprint density at radius 1 is 1.10 bits per heavy atom. The molecule has 2 aliphatic rings. The average molecular weight is 282 g/mol. The molecule has 1 saturated heterocycles. The van der Waals surface area contributed by atoms with Crippen molar-refractivity contribution in [3.8, 4) is 0 Å². The monoisotopic (exact) mass is 282 g/mol. The van der Waals surface area contributed by atoms with Crippen molar-refractivity contribution in [3.63, 3.8) is 0 Å². The van der Waals surface area contributed by atoms with Crippen molar-refractivity contribution in [2.45, 2.75) is 77.3 Å². The minimum absolute atomic E-state index is 0.00344. The van der Waals surface area contributed by atoms with Crippen LogP contribution in [-0.2, 0) is 0 Å². The fourth-order valence-corrected chi connectivity index (χ4v) is 4.47. The summed E-state index contributed by atoms with van der Waals surface area (Å²) in [5.41, 5.74) is 0.619. The van der Waals surface area contributed by atoms with Gasteiger partial charge in [0, 0.05) is 11.6 Å². The molecule has 1 aliphatic carbocycles. The fraction of sp³-hybridized carbons (Fsp3) is 1.00. The minimum atomic E-state index is 0.00344. The zero-order valence-electron chi connectivity index (χ0n) is 13.7. The number of nitrogens with one attached hydrogen (secondary N) is 1. The van der Waals surface area contributed by atoms with Crippen molar-refractivity contribution in [1.29, 1.82) is 0 Å². The van der Waals surface area contributed by atoms with E-state index in [0.29, 0.717) is 18.1 Å². The molecule has 2 rings (SSSR count). The van der Waals surface area contributed by atoms with E-state index in [9.17, 15) is 5.11 Å². The Labute approximate surface area is 125 Å². The van der Waals surface area contributed by atoms with Crippen molar-refractivity contribution in [1.82, 2.24) is 10.2 Å². The quantitative estimate of drug-likeness (QED) is 0.786. The van der Waals surface area contributed by atoms with E-state index in [1.165, 1.54) is 45.2 Å². The molecule has 3 nitrogen and oxygen atoms in total. The molecule has 118 valence electrons. The second kappa shape index (κ2) is 6.76. The number of aliphatic hydroxyl groups is 1. The van der Waals surface area contributed by atoms with Crippen molar-refractivity contribution in [2.24, 2.45) is 5.41 Å². The Hall–Kier alpha value is -0.120. The standard InChI is InChI=1S/C17H34N2O/c1-4-16(5-2)9-11-19(12-10-16)15-7-8-17(13-15,14-20)18-6-3/h15,18,20H,4-14H2,1-3H3. The minimum Gasteiger partial charge on any atom is -0.394 e. The molecule has 1 heterocycles. The molecule has 2 atom stereocenters. The van der Waals surface area contributed by atoms with Crippen LogP contribution in [0.2, 0.25) is 0 Å². The Morgan fingerprint density at radius 3 is 2.25 bits per heavy atom. The second-order valence-corrected chi connectivity index (χ2v) is 7.11. The van der Waals surface area contributed by atoms with Crippen LogP contribution in [0.4, 0.5) is 0 Å². The van der Waals surface area contributed by atoms with Gasteiger partial charge in [0.05, 0.1) is 6.61 Å². The van der Waals surface area contributed by atoms with Gasteiger partial charge in [-0.25, -0.2) is 0 Å². The molecule has 0 aromatic rings. The number of likely N-dealkylation sites (N-methyl/N-ethyl adjacent to an activating group) is 1. The first-order valence-corrected chi connectivity index (χ1v) is 8.72. The van der Waals surface area contributed by atoms with E-state index >= 15 is 0 Å². The summed E-state index contributed by atoms with van der Waals surface area (Å²) in [4.78, 5) is 2.71. The second-order valence-electron chi connectivity index (χ2n) is 7.11. The summed E-state index contributed by atoms with van der Waals surface area (Å²) < 4.78 is 0. The number of hydrogen-bond donors (Lipinski definition) is 2. The third-order valence-electron chi connectivity index (χ3n) is 6.31. The molecule has 0 aromatic heterocycles. The summed E-state index contributed by atoms with van der Waals surface area (Å²) in [5.74, 6) is 0. The Balaban J connectivity index is 1.89. The van der Waals surface area contributed by atoms with Crippen LogP contribution in [0.1, 0.15) is 65.7 Å². The predicted octanol–water partition coefficient (Wildman–Crippen LogP) is 2.78. The molecular formula is C17H34N2O.